The number of benzene rings is 1. The molecule has 1 spiro atoms. The molecule has 0 unspecified atom stereocenters. The van der Waals surface area contributed by atoms with Gasteiger partial charge in [-0.15, -0.1) is 0 Å². The SMILES string of the molecule is COc1ccccc1CN1CCOC[C@@]2(CC[C@H](CNC(=O)c3cccnc3)O2)C1. The van der Waals surface area contributed by atoms with Crippen LogP contribution >= 0.6 is 0 Å². The molecule has 7 heteroatoms. The molecule has 3 heterocycles. The van der Waals surface area contributed by atoms with Crippen LogP contribution in [0.5, 0.6) is 5.75 Å². The molecule has 2 saturated heterocycles. The third kappa shape index (κ3) is 4.98. The molecule has 0 bridgehead atoms. The lowest BCUT2D eigenvalue weighted by atomic mass is 9.99. The highest BCUT2D eigenvalue weighted by Gasteiger charge is 2.43. The average Bonchev–Trinajstić information content (AvgIpc) is 3.07. The van der Waals surface area contributed by atoms with Crippen molar-refractivity contribution in [2.45, 2.75) is 31.1 Å². The maximum absolute atomic E-state index is 12.3. The number of nitrogens with zero attached hydrogens (tertiary/aromatic N) is 2. The second-order valence-corrected chi connectivity index (χ2v) is 7.99. The summed E-state index contributed by atoms with van der Waals surface area (Å²) in [4.78, 5) is 18.7. The predicted octanol–water partition coefficient (Wildman–Crippen LogP) is 2.27. The van der Waals surface area contributed by atoms with Crippen LogP contribution in [0.4, 0.5) is 0 Å². The minimum Gasteiger partial charge on any atom is -0.496 e. The number of amides is 1. The van der Waals surface area contributed by atoms with Crippen LogP contribution in [0.3, 0.4) is 0 Å². The molecule has 7 nitrogen and oxygen atoms in total. The van der Waals surface area contributed by atoms with E-state index in [2.05, 4.69) is 21.3 Å². The first-order chi connectivity index (χ1) is 14.7. The monoisotopic (exact) mass is 411 g/mol. The topological polar surface area (TPSA) is 72.9 Å². The summed E-state index contributed by atoms with van der Waals surface area (Å²) in [6.07, 6.45) is 5.03. The van der Waals surface area contributed by atoms with Gasteiger partial charge in [0.05, 0.1) is 32.0 Å². The highest BCUT2D eigenvalue weighted by molar-refractivity contribution is 5.93. The number of carbonyl (C=O) groups is 1. The second kappa shape index (κ2) is 9.55. The van der Waals surface area contributed by atoms with Crippen molar-refractivity contribution in [1.82, 2.24) is 15.2 Å². The van der Waals surface area contributed by atoms with Crippen molar-refractivity contribution in [3.63, 3.8) is 0 Å². The van der Waals surface area contributed by atoms with Crippen LogP contribution in [0, 0.1) is 0 Å². The third-order valence-electron chi connectivity index (χ3n) is 5.77. The molecule has 0 aliphatic carbocycles. The van der Waals surface area contributed by atoms with E-state index in [1.54, 1.807) is 31.6 Å². The molecule has 2 atom stereocenters. The first kappa shape index (κ1) is 20.8. The molecule has 2 fully saturated rings. The molecule has 160 valence electrons. The molecule has 0 saturated carbocycles. The smallest absolute Gasteiger partial charge is 0.252 e. The predicted molar refractivity (Wildman–Crippen MR) is 112 cm³/mol. The minimum absolute atomic E-state index is 0.0135. The molecule has 30 heavy (non-hydrogen) atoms. The number of ether oxygens (including phenoxy) is 3. The Morgan fingerprint density at radius 1 is 1.33 bits per heavy atom. The largest absolute Gasteiger partial charge is 0.496 e. The van der Waals surface area contributed by atoms with Crippen molar-refractivity contribution in [2.75, 3.05) is 40.0 Å². The van der Waals surface area contributed by atoms with Crippen molar-refractivity contribution in [3.8, 4) is 5.75 Å². The van der Waals surface area contributed by atoms with E-state index in [1.165, 1.54) is 0 Å². The maximum Gasteiger partial charge on any atom is 0.252 e. The van der Waals surface area contributed by atoms with E-state index >= 15 is 0 Å². The summed E-state index contributed by atoms with van der Waals surface area (Å²) < 4.78 is 17.9. The summed E-state index contributed by atoms with van der Waals surface area (Å²) >= 11 is 0. The fourth-order valence-electron chi connectivity index (χ4n) is 4.26. The van der Waals surface area contributed by atoms with Gasteiger partial charge in [-0.3, -0.25) is 14.7 Å². The van der Waals surface area contributed by atoms with Gasteiger partial charge in [-0.1, -0.05) is 18.2 Å². The van der Waals surface area contributed by atoms with Gasteiger partial charge in [0.2, 0.25) is 0 Å². The zero-order valence-electron chi connectivity index (χ0n) is 17.4. The van der Waals surface area contributed by atoms with E-state index < -0.39 is 0 Å². The number of rotatable bonds is 6. The summed E-state index contributed by atoms with van der Waals surface area (Å²) in [5.74, 6) is 0.780. The number of hydrogen-bond donors (Lipinski definition) is 1. The van der Waals surface area contributed by atoms with Crippen molar-refractivity contribution >= 4 is 5.91 Å². The first-order valence-electron chi connectivity index (χ1n) is 10.5. The Labute approximate surface area is 177 Å². The Morgan fingerprint density at radius 3 is 3.07 bits per heavy atom. The molecule has 4 rings (SSSR count). The zero-order valence-corrected chi connectivity index (χ0v) is 17.4. The average molecular weight is 412 g/mol. The number of methoxy groups -OCH3 is 1. The summed E-state index contributed by atoms with van der Waals surface area (Å²) in [7, 11) is 1.70. The molecule has 1 aromatic carbocycles. The Morgan fingerprint density at radius 2 is 2.23 bits per heavy atom. The molecule has 1 N–H and O–H groups in total. The summed E-state index contributed by atoms with van der Waals surface area (Å²) in [5, 5.41) is 2.97. The van der Waals surface area contributed by atoms with Gasteiger partial charge in [0.25, 0.3) is 5.91 Å². The van der Waals surface area contributed by atoms with Crippen LogP contribution in [0.1, 0.15) is 28.8 Å². The number of aromatic nitrogens is 1. The van der Waals surface area contributed by atoms with Gasteiger partial charge in [0.15, 0.2) is 0 Å². The van der Waals surface area contributed by atoms with Crippen molar-refractivity contribution < 1.29 is 19.0 Å². The van der Waals surface area contributed by atoms with Crippen molar-refractivity contribution in [2.24, 2.45) is 0 Å². The van der Waals surface area contributed by atoms with Gasteiger partial charge in [-0.25, -0.2) is 0 Å². The molecule has 2 aliphatic heterocycles. The maximum atomic E-state index is 12.3. The van der Waals surface area contributed by atoms with E-state index in [1.807, 2.05) is 18.2 Å². The number of hydrogen-bond acceptors (Lipinski definition) is 6. The van der Waals surface area contributed by atoms with Crippen LogP contribution in [0.25, 0.3) is 0 Å². The minimum atomic E-state index is -0.331. The third-order valence-corrected chi connectivity index (χ3v) is 5.77. The van der Waals surface area contributed by atoms with Gasteiger partial charge in [-0.05, 0) is 31.0 Å². The first-order valence-corrected chi connectivity index (χ1v) is 10.5. The fourth-order valence-corrected chi connectivity index (χ4v) is 4.26. The lowest BCUT2D eigenvalue weighted by Crippen LogP contribution is -2.45. The molecular weight excluding hydrogens is 382 g/mol. The molecule has 1 aromatic heterocycles. The lowest BCUT2D eigenvalue weighted by Gasteiger charge is -2.32. The van der Waals surface area contributed by atoms with Crippen molar-refractivity contribution in [1.29, 1.82) is 0 Å². The number of pyridine rings is 1. The van der Waals surface area contributed by atoms with E-state index in [4.69, 9.17) is 14.2 Å². The molecule has 0 radical (unpaired) electrons. The molecular formula is C23H29N3O4. The summed E-state index contributed by atoms with van der Waals surface area (Å²) in [6.45, 7) is 4.21. The van der Waals surface area contributed by atoms with Crippen LogP contribution < -0.4 is 10.1 Å². The highest BCUT2D eigenvalue weighted by atomic mass is 16.6. The van der Waals surface area contributed by atoms with Crippen molar-refractivity contribution in [3.05, 3.63) is 59.9 Å². The number of carbonyl (C=O) groups excluding carboxylic acids is 1. The second-order valence-electron chi connectivity index (χ2n) is 7.99. The normalized spacial score (nSPS) is 24.5. The molecule has 1 amide bonds. The Hall–Kier alpha value is -2.48. The number of para-hydroxylation sites is 1. The van der Waals surface area contributed by atoms with E-state index in [9.17, 15) is 4.79 Å². The quantitative estimate of drug-likeness (QED) is 0.786. The van der Waals surface area contributed by atoms with Gasteiger partial charge in [-0.2, -0.15) is 0 Å². The number of nitrogens with one attached hydrogen (secondary N) is 1. The fraction of sp³-hybridized carbons (Fsp3) is 0.478. The van der Waals surface area contributed by atoms with Crippen LogP contribution in [-0.2, 0) is 16.0 Å². The van der Waals surface area contributed by atoms with Gasteiger partial charge >= 0.3 is 0 Å². The zero-order chi connectivity index (χ0) is 20.8. The summed E-state index contributed by atoms with van der Waals surface area (Å²) in [5.41, 5.74) is 1.39. The van der Waals surface area contributed by atoms with Crippen LogP contribution in [0.2, 0.25) is 0 Å². The Bertz CT molecular complexity index is 847. The molecule has 2 aromatic rings. The Balaban J connectivity index is 1.35. The molecule has 2 aliphatic rings. The summed E-state index contributed by atoms with van der Waals surface area (Å²) in [6, 6.07) is 11.6. The van der Waals surface area contributed by atoms with E-state index in [0.717, 1.165) is 43.8 Å². The lowest BCUT2D eigenvalue weighted by molar-refractivity contribution is -0.0849. The van der Waals surface area contributed by atoms with Gasteiger partial charge in [0, 0.05) is 44.1 Å². The van der Waals surface area contributed by atoms with Crippen LogP contribution in [0.15, 0.2) is 48.8 Å². The van der Waals surface area contributed by atoms with Gasteiger partial charge < -0.3 is 19.5 Å². The van der Waals surface area contributed by atoms with E-state index in [-0.39, 0.29) is 17.6 Å². The Kier molecular flexibility index (Phi) is 6.62. The standard InChI is InChI=1S/C23H29N3O4/c1-28-21-7-3-2-5-19(21)15-26-11-12-29-17-23(16-26)9-8-20(30-23)14-25-22(27)18-6-4-10-24-13-18/h2-7,10,13,20H,8-9,11-12,14-17H2,1H3,(H,25,27)/t20-,23-/m1/s1. The van der Waals surface area contributed by atoms with E-state index in [0.29, 0.717) is 25.3 Å². The van der Waals surface area contributed by atoms with Gasteiger partial charge in [0.1, 0.15) is 11.4 Å². The highest BCUT2D eigenvalue weighted by Crippen LogP contribution is 2.33. The van der Waals surface area contributed by atoms with Crippen LogP contribution in [-0.4, -0.2) is 67.5 Å².